The molecule has 1 nitrogen and oxygen atoms in total. The van der Waals surface area contributed by atoms with Crippen molar-refractivity contribution in [1.29, 1.82) is 0 Å². The van der Waals surface area contributed by atoms with E-state index in [4.69, 9.17) is 0 Å². The molecule has 7 heteroatoms. The molecule has 1 aromatic rings. The highest BCUT2D eigenvalue weighted by Gasteiger charge is 2.33. The first kappa shape index (κ1) is 12.0. The Balaban J connectivity index is 3.29. The van der Waals surface area contributed by atoms with Crippen molar-refractivity contribution < 1.29 is 13.2 Å². The molecule has 0 saturated carbocycles. The van der Waals surface area contributed by atoms with Crippen LogP contribution in [-0.4, -0.2) is 4.98 Å². The van der Waals surface area contributed by atoms with E-state index in [0.29, 0.717) is 7.14 Å². The molecule has 0 N–H and O–H groups in total. The van der Waals surface area contributed by atoms with Gasteiger partial charge in [-0.15, -0.1) is 0 Å². The zero-order chi connectivity index (χ0) is 10.2. The topological polar surface area (TPSA) is 12.9 Å². The summed E-state index contributed by atoms with van der Waals surface area (Å²) in [6, 6.07) is 1.02. The van der Waals surface area contributed by atoms with Gasteiger partial charge in [-0.2, -0.15) is 13.2 Å². The van der Waals surface area contributed by atoms with Crippen LogP contribution >= 0.6 is 61.1 Å². The highest BCUT2D eigenvalue weighted by atomic mass is 127. The summed E-state index contributed by atoms with van der Waals surface area (Å²) < 4.78 is 38.0. The number of hydrogen-bond acceptors (Lipinski definition) is 1. The highest BCUT2D eigenvalue weighted by Crippen LogP contribution is 2.32. The predicted molar refractivity (Wildman–Crippen MR) is 62.4 cm³/mol. The Labute approximate surface area is 108 Å². The Bertz CT molecular complexity index is 316. The summed E-state index contributed by atoms with van der Waals surface area (Å²) in [4.78, 5) is 3.38. The molecular weight excluding hydrogens is 477 g/mol. The van der Waals surface area contributed by atoms with Crippen molar-refractivity contribution in [2.45, 2.75) is 6.18 Å². The van der Waals surface area contributed by atoms with Crippen molar-refractivity contribution in [2.75, 3.05) is 0 Å². The van der Waals surface area contributed by atoms with Crippen LogP contribution in [0.15, 0.2) is 10.7 Å². The van der Waals surface area contributed by atoms with E-state index in [2.05, 4.69) is 20.9 Å². The average molecular weight is 478 g/mol. The molecule has 0 amide bonds. The van der Waals surface area contributed by atoms with Gasteiger partial charge in [-0.1, -0.05) is 0 Å². The largest absolute Gasteiger partial charge is 0.433 e. The van der Waals surface area contributed by atoms with E-state index in [0.717, 1.165) is 6.07 Å². The Morgan fingerprint density at radius 1 is 1.31 bits per heavy atom. The molecule has 0 fully saturated rings. The van der Waals surface area contributed by atoms with Crippen LogP contribution in [0.4, 0.5) is 13.2 Å². The summed E-state index contributed by atoms with van der Waals surface area (Å²) in [6.45, 7) is 0. The van der Waals surface area contributed by atoms with Gasteiger partial charge in [-0.3, -0.25) is 0 Å². The van der Waals surface area contributed by atoms with Crippen LogP contribution in [-0.2, 0) is 6.18 Å². The number of pyridine rings is 1. The van der Waals surface area contributed by atoms with Crippen molar-refractivity contribution in [3.05, 3.63) is 23.5 Å². The minimum Gasteiger partial charge on any atom is -0.235 e. The lowest BCUT2D eigenvalue weighted by atomic mass is 10.3. The molecule has 0 bridgehead atoms. The Hall–Kier alpha value is 0.880. The number of hydrogen-bond donors (Lipinski definition) is 0. The summed E-state index contributed by atoms with van der Waals surface area (Å²) in [5.74, 6) is 0. The molecule has 0 aromatic carbocycles. The van der Waals surface area contributed by atoms with Crippen LogP contribution in [0.1, 0.15) is 5.69 Å². The van der Waals surface area contributed by atoms with Gasteiger partial charge in [-0.05, 0) is 67.2 Å². The second-order valence-electron chi connectivity index (χ2n) is 2.09. The predicted octanol–water partition coefficient (Wildman–Crippen LogP) is 4.07. The normalized spacial score (nSPS) is 11.8. The van der Waals surface area contributed by atoms with E-state index < -0.39 is 11.9 Å². The molecule has 1 aromatic heterocycles. The molecule has 0 unspecified atom stereocenters. The third-order valence-electron chi connectivity index (χ3n) is 1.16. The molecule has 13 heavy (non-hydrogen) atoms. The van der Waals surface area contributed by atoms with Crippen LogP contribution in [0.25, 0.3) is 0 Å². The van der Waals surface area contributed by atoms with Crippen LogP contribution in [0.2, 0.25) is 0 Å². The van der Waals surface area contributed by atoms with Crippen LogP contribution < -0.4 is 0 Å². The van der Waals surface area contributed by atoms with Gasteiger partial charge in [0.15, 0.2) is 0 Å². The number of alkyl halides is 3. The minimum absolute atomic E-state index is 0.229. The van der Waals surface area contributed by atoms with Gasteiger partial charge in [0.25, 0.3) is 0 Å². The molecule has 0 atom stereocenters. The third-order valence-corrected chi connectivity index (χ3v) is 5.45. The van der Waals surface area contributed by atoms with Crippen molar-refractivity contribution in [1.82, 2.24) is 4.98 Å². The summed E-state index contributed by atoms with van der Waals surface area (Å²) in [5.41, 5.74) is -0.871. The van der Waals surface area contributed by atoms with E-state index >= 15 is 0 Å². The second kappa shape index (κ2) is 4.17. The van der Waals surface area contributed by atoms with Crippen molar-refractivity contribution in [3.63, 3.8) is 0 Å². The van der Waals surface area contributed by atoms with Crippen molar-refractivity contribution in [2.24, 2.45) is 0 Å². The van der Waals surface area contributed by atoms with Crippen LogP contribution in [0.5, 0.6) is 0 Å². The second-order valence-corrected chi connectivity index (χ2v) is 5.08. The first-order chi connectivity index (χ1) is 5.82. The Morgan fingerprint density at radius 3 is 2.23 bits per heavy atom. The smallest absolute Gasteiger partial charge is 0.235 e. The first-order valence-electron chi connectivity index (χ1n) is 2.91. The van der Waals surface area contributed by atoms with Gasteiger partial charge >= 0.3 is 6.18 Å². The number of rotatable bonds is 0. The molecule has 0 aliphatic heterocycles. The zero-order valence-corrected chi connectivity index (χ0v) is 11.7. The summed E-state index contributed by atoms with van der Waals surface area (Å²) in [7, 11) is 0. The lowest BCUT2D eigenvalue weighted by Crippen LogP contribution is -2.09. The fourth-order valence-corrected chi connectivity index (χ4v) is 2.22. The fraction of sp³-hybridized carbons (Fsp3) is 0.167. The third kappa shape index (κ3) is 2.91. The van der Waals surface area contributed by atoms with Crippen LogP contribution in [0, 0.1) is 7.14 Å². The number of halogens is 6. The zero-order valence-electron chi connectivity index (χ0n) is 5.79. The molecule has 72 valence electrons. The monoisotopic (exact) mass is 477 g/mol. The highest BCUT2D eigenvalue weighted by molar-refractivity contribution is 14.1. The quantitative estimate of drug-likeness (QED) is 0.405. The molecule has 0 spiro atoms. The lowest BCUT2D eigenvalue weighted by molar-refractivity contribution is -0.141. The molecule has 0 aliphatic rings. The van der Waals surface area contributed by atoms with Gasteiger partial charge < -0.3 is 0 Å². The lowest BCUT2D eigenvalue weighted by Gasteiger charge is -2.07. The van der Waals surface area contributed by atoms with E-state index in [1.165, 1.54) is 0 Å². The van der Waals surface area contributed by atoms with Gasteiger partial charge in [0.2, 0.25) is 0 Å². The van der Waals surface area contributed by atoms with E-state index in [-0.39, 0.29) is 4.60 Å². The average Bonchev–Trinajstić information content (AvgIpc) is 1.97. The summed E-state index contributed by atoms with van der Waals surface area (Å²) >= 11 is 6.73. The van der Waals surface area contributed by atoms with Crippen molar-refractivity contribution >= 4 is 61.1 Å². The Kier molecular flexibility index (Phi) is 3.83. The summed E-state index contributed by atoms with van der Waals surface area (Å²) in [5, 5.41) is 0. The maximum absolute atomic E-state index is 12.2. The number of aromatic nitrogens is 1. The van der Waals surface area contributed by atoms with Gasteiger partial charge in [-0.25, -0.2) is 4.98 Å². The minimum atomic E-state index is -4.38. The summed E-state index contributed by atoms with van der Waals surface area (Å²) in [6.07, 6.45) is -4.38. The molecule has 0 radical (unpaired) electrons. The molecule has 1 heterocycles. The maximum atomic E-state index is 12.2. The Morgan fingerprint density at radius 2 is 1.85 bits per heavy atom. The molecular formula is C6HBrF3I2N. The van der Waals surface area contributed by atoms with Crippen molar-refractivity contribution in [3.8, 4) is 0 Å². The first-order valence-corrected chi connectivity index (χ1v) is 5.86. The van der Waals surface area contributed by atoms with E-state index in [1.807, 2.05) is 45.2 Å². The van der Waals surface area contributed by atoms with Gasteiger partial charge in [0.1, 0.15) is 10.3 Å². The molecule has 0 saturated heterocycles. The SMILES string of the molecule is FC(F)(F)c1cc(I)c(I)c(Br)n1. The fourth-order valence-electron chi connectivity index (χ4n) is 0.614. The number of nitrogens with zero attached hydrogens (tertiary/aromatic N) is 1. The van der Waals surface area contributed by atoms with E-state index in [1.54, 1.807) is 0 Å². The molecule has 0 aliphatic carbocycles. The van der Waals surface area contributed by atoms with E-state index in [9.17, 15) is 13.2 Å². The van der Waals surface area contributed by atoms with Gasteiger partial charge in [0, 0.05) is 3.57 Å². The van der Waals surface area contributed by atoms with Crippen LogP contribution in [0.3, 0.4) is 0 Å². The molecule has 1 rings (SSSR count). The maximum Gasteiger partial charge on any atom is 0.433 e. The van der Waals surface area contributed by atoms with Gasteiger partial charge in [0.05, 0.1) is 3.57 Å². The standard InChI is InChI=1S/C6HBrF3I2N/c7-5-4(12)2(11)1-3(13-5)6(8,9)10/h1H.